The topological polar surface area (TPSA) is 38.7 Å². The molecule has 10 aromatic rings. The molecule has 0 N–H and O–H groups in total. The SMILES string of the molecule is c1ccc(CCc2ccc3c(c2)C2(c4ccccc4-c4ccccc42)c2ccc(-c4nc(-c5ccccc5)nc(-c5ccccc5)n4)cc2C32c3ccccc3-c3ccccc32)cc1. The Morgan fingerprint density at radius 1 is 0.250 bits per heavy atom. The maximum atomic E-state index is 5.29. The molecule has 3 aliphatic rings. The minimum atomic E-state index is -0.638. The van der Waals surface area contributed by atoms with E-state index in [-0.39, 0.29) is 0 Å². The summed E-state index contributed by atoms with van der Waals surface area (Å²) < 4.78 is 0. The Labute approximate surface area is 373 Å². The van der Waals surface area contributed by atoms with E-state index >= 15 is 0 Å². The Kier molecular flexibility index (Phi) is 8.17. The van der Waals surface area contributed by atoms with Crippen molar-refractivity contribution in [2.75, 3.05) is 0 Å². The van der Waals surface area contributed by atoms with Crippen LogP contribution in [0.3, 0.4) is 0 Å². The van der Waals surface area contributed by atoms with Crippen LogP contribution in [0.5, 0.6) is 0 Å². The zero-order valence-corrected chi connectivity index (χ0v) is 35.1. The molecule has 3 nitrogen and oxygen atoms in total. The smallest absolute Gasteiger partial charge is 0.164 e. The van der Waals surface area contributed by atoms with Gasteiger partial charge in [-0.1, -0.05) is 218 Å². The molecule has 0 radical (unpaired) electrons. The highest BCUT2D eigenvalue weighted by molar-refractivity contribution is 5.94. The first-order chi connectivity index (χ1) is 31.7. The predicted octanol–water partition coefficient (Wildman–Crippen LogP) is 13.7. The number of benzene rings is 9. The highest BCUT2D eigenvalue weighted by Crippen LogP contribution is 2.67. The number of hydrogen-bond acceptors (Lipinski definition) is 3. The van der Waals surface area contributed by atoms with Gasteiger partial charge in [0, 0.05) is 16.7 Å². The summed E-state index contributed by atoms with van der Waals surface area (Å²) in [4.78, 5) is 15.7. The zero-order chi connectivity index (χ0) is 42.2. The fourth-order valence-electron chi connectivity index (χ4n) is 11.5. The van der Waals surface area contributed by atoms with Gasteiger partial charge in [0.1, 0.15) is 0 Å². The molecule has 0 fully saturated rings. The molecule has 9 aromatic carbocycles. The number of nitrogens with zero attached hydrogens (tertiary/aromatic N) is 3. The molecule has 0 atom stereocenters. The van der Waals surface area contributed by atoms with Crippen molar-refractivity contribution in [2.24, 2.45) is 0 Å². The predicted molar refractivity (Wildman–Crippen MR) is 258 cm³/mol. The van der Waals surface area contributed by atoms with Gasteiger partial charge < -0.3 is 0 Å². The van der Waals surface area contributed by atoms with E-state index in [0.717, 1.165) is 29.5 Å². The van der Waals surface area contributed by atoms with Gasteiger partial charge in [0.15, 0.2) is 17.5 Å². The third-order valence-electron chi connectivity index (χ3n) is 14.1. The number of aryl methyl sites for hydroxylation is 2. The molecular formula is C61H41N3. The first-order valence-electron chi connectivity index (χ1n) is 22.3. The Hall–Kier alpha value is -8.01. The van der Waals surface area contributed by atoms with E-state index in [9.17, 15) is 0 Å². The van der Waals surface area contributed by atoms with Crippen LogP contribution in [0.25, 0.3) is 56.4 Å². The first-order valence-corrected chi connectivity index (χ1v) is 22.3. The summed E-state index contributed by atoms with van der Waals surface area (Å²) in [6.07, 6.45) is 1.91. The third kappa shape index (κ3) is 5.19. The normalized spacial score (nSPS) is 14.0. The van der Waals surface area contributed by atoms with Gasteiger partial charge in [-0.2, -0.15) is 0 Å². The first kappa shape index (κ1) is 36.6. The van der Waals surface area contributed by atoms with Crippen molar-refractivity contribution in [3.05, 3.63) is 280 Å². The number of aromatic nitrogens is 3. The average Bonchev–Trinajstić information content (AvgIpc) is 3.84. The summed E-state index contributed by atoms with van der Waals surface area (Å²) in [5.74, 6) is 1.95. The molecule has 1 heterocycles. The second kappa shape index (κ2) is 14.3. The molecule has 3 aliphatic carbocycles. The van der Waals surface area contributed by atoms with Gasteiger partial charge in [-0.05, 0) is 96.8 Å². The molecule has 0 saturated heterocycles. The summed E-state index contributed by atoms with van der Waals surface area (Å²) in [5.41, 5.74) is 19.9. The quantitative estimate of drug-likeness (QED) is 0.168. The van der Waals surface area contributed by atoms with Crippen LogP contribution >= 0.6 is 0 Å². The van der Waals surface area contributed by atoms with E-state index in [1.54, 1.807) is 0 Å². The second-order valence-electron chi connectivity index (χ2n) is 17.3. The molecule has 0 unspecified atom stereocenters. The maximum absolute atomic E-state index is 5.29. The van der Waals surface area contributed by atoms with E-state index < -0.39 is 10.8 Å². The minimum Gasteiger partial charge on any atom is -0.208 e. The fourth-order valence-corrected chi connectivity index (χ4v) is 11.5. The van der Waals surface area contributed by atoms with Gasteiger partial charge in [-0.15, -0.1) is 0 Å². The fraction of sp³-hybridized carbons (Fsp3) is 0.0656. The van der Waals surface area contributed by atoms with Gasteiger partial charge in [0.05, 0.1) is 10.8 Å². The molecule has 13 rings (SSSR count). The summed E-state index contributed by atoms with van der Waals surface area (Å²) >= 11 is 0. The summed E-state index contributed by atoms with van der Waals surface area (Å²) in [5, 5.41) is 0. The monoisotopic (exact) mass is 815 g/mol. The van der Waals surface area contributed by atoms with E-state index in [0.29, 0.717) is 17.5 Å². The van der Waals surface area contributed by atoms with Crippen LogP contribution in [0.4, 0.5) is 0 Å². The van der Waals surface area contributed by atoms with Crippen LogP contribution < -0.4 is 0 Å². The van der Waals surface area contributed by atoms with Crippen LogP contribution in [-0.2, 0) is 23.7 Å². The number of fused-ring (bicyclic) bond motifs is 16. The Morgan fingerprint density at radius 2 is 0.609 bits per heavy atom. The maximum Gasteiger partial charge on any atom is 0.164 e. The highest BCUT2D eigenvalue weighted by atomic mass is 15.0. The van der Waals surface area contributed by atoms with Gasteiger partial charge in [0.25, 0.3) is 0 Å². The molecule has 0 bridgehead atoms. The van der Waals surface area contributed by atoms with Crippen LogP contribution in [0, 0.1) is 0 Å². The lowest BCUT2D eigenvalue weighted by Crippen LogP contribution is -2.44. The van der Waals surface area contributed by atoms with Crippen molar-refractivity contribution in [3.63, 3.8) is 0 Å². The van der Waals surface area contributed by atoms with Gasteiger partial charge in [-0.3, -0.25) is 0 Å². The van der Waals surface area contributed by atoms with Crippen molar-refractivity contribution in [3.8, 4) is 56.4 Å². The summed E-state index contributed by atoms with van der Waals surface area (Å²) in [7, 11) is 0. The van der Waals surface area contributed by atoms with Crippen molar-refractivity contribution in [1.29, 1.82) is 0 Å². The highest BCUT2D eigenvalue weighted by Gasteiger charge is 2.59. The van der Waals surface area contributed by atoms with E-state index in [4.69, 9.17) is 15.0 Å². The minimum absolute atomic E-state index is 0.597. The van der Waals surface area contributed by atoms with Crippen molar-refractivity contribution < 1.29 is 0 Å². The lowest BCUT2D eigenvalue weighted by atomic mass is 9.52. The van der Waals surface area contributed by atoms with E-state index in [1.807, 2.05) is 36.4 Å². The van der Waals surface area contributed by atoms with Crippen molar-refractivity contribution in [2.45, 2.75) is 23.7 Å². The Bertz CT molecular complexity index is 3300. The third-order valence-corrected chi connectivity index (χ3v) is 14.1. The lowest BCUT2D eigenvalue weighted by molar-refractivity contribution is 0.631. The van der Waals surface area contributed by atoms with Crippen molar-refractivity contribution in [1.82, 2.24) is 15.0 Å². The molecule has 0 aliphatic heterocycles. The van der Waals surface area contributed by atoms with Crippen LogP contribution in [-0.4, -0.2) is 15.0 Å². The van der Waals surface area contributed by atoms with Gasteiger partial charge in [0.2, 0.25) is 0 Å². The van der Waals surface area contributed by atoms with E-state index in [1.165, 1.54) is 77.9 Å². The summed E-state index contributed by atoms with van der Waals surface area (Å²) in [6, 6.07) is 82.5. The average molecular weight is 816 g/mol. The Balaban J connectivity index is 1.15. The lowest BCUT2D eigenvalue weighted by Gasteiger charge is -2.49. The van der Waals surface area contributed by atoms with Gasteiger partial charge in [-0.25, -0.2) is 15.0 Å². The largest absolute Gasteiger partial charge is 0.208 e. The molecule has 300 valence electrons. The number of rotatable bonds is 6. The molecule has 0 saturated carbocycles. The molecule has 2 spiro atoms. The molecular weight excluding hydrogens is 775 g/mol. The van der Waals surface area contributed by atoms with Crippen molar-refractivity contribution >= 4 is 0 Å². The van der Waals surface area contributed by atoms with E-state index in [2.05, 4.69) is 188 Å². The number of hydrogen-bond donors (Lipinski definition) is 0. The molecule has 0 amide bonds. The zero-order valence-electron chi connectivity index (χ0n) is 35.1. The summed E-state index contributed by atoms with van der Waals surface area (Å²) in [6.45, 7) is 0. The molecule has 64 heavy (non-hydrogen) atoms. The van der Waals surface area contributed by atoms with Crippen LogP contribution in [0.15, 0.2) is 224 Å². The standard InChI is InChI=1S/C61H41N3/c1-4-18-40(19-5-1)32-33-41-34-36-53-55(38-41)60(49-28-14-10-24-45(49)46-25-11-15-29-50(46)60)54-37-35-44(39-56(54)61(53)51-30-16-12-26-47(51)48-27-13-17-31-52(48)61)59-63-57(42-20-6-2-7-21-42)62-58(64-59)43-22-8-3-9-23-43/h1-31,34-39H,32-33H2. The Morgan fingerprint density at radius 3 is 1.08 bits per heavy atom. The van der Waals surface area contributed by atoms with Gasteiger partial charge >= 0.3 is 0 Å². The van der Waals surface area contributed by atoms with Crippen LogP contribution in [0.2, 0.25) is 0 Å². The van der Waals surface area contributed by atoms with Crippen LogP contribution in [0.1, 0.15) is 55.6 Å². The second-order valence-corrected chi connectivity index (χ2v) is 17.3. The molecule has 1 aromatic heterocycles. The molecule has 3 heteroatoms.